The lowest BCUT2D eigenvalue weighted by atomic mass is 9.78. The van der Waals surface area contributed by atoms with E-state index in [1.807, 2.05) is 13.1 Å². The minimum atomic E-state index is 0.121. The van der Waals surface area contributed by atoms with Gasteiger partial charge < -0.3 is 4.74 Å². The van der Waals surface area contributed by atoms with E-state index in [2.05, 4.69) is 58.1 Å². The highest BCUT2D eigenvalue weighted by Gasteiger charge is 2.32. The van der Waals surface area contributed by atoms with Gasteiger partial charge in [0.05, 0.1) is 19.3 Å². The molecule has 0 bridgehead atoms. The number of carbonyl (C=O) groups excluding carboxylic acids is 1. The molecule has 0 saturated heterocycles. The molecule has 1 amide bonds. The molecule has 6 nitrogen and oxygen atoms in total. The van der Waals surface area contributed by atoms with Crippen molar-refractivity contribution in [3.63, 3.8) is 0 Å². The summed E-state index contributed by atoms with van der Waals surface area (Å²) in [6, 6.07) is 11.5. The fourth-order valence-electron chi connectivity index (χ4n) is 6.94. The maximum Gasteiger partial charge on any atom is 0.231 e. The van der Waals surface area contributed by atoms with E-state index in [-0.39, 0.29) is 11.8 Å². The highest BCUT2D eigenvalue weighted by Crippen LogP contribution is 2.39. The lowest BCUT2D eigenvalue weighted by molar-refractivity contribution is -0.123. The predicted molar refractivity (Wildman–Crippen MR) is 160 cm³/mol. The largest absolute Gasteiger partial charge is 0.496 e. The third-order valence-electron chi connectivity index (χ3n) is 9.47. The Morgan fingerprint density at radius 3 is 2.42 bits per heavy atom. The SMILES string of the molecule is COc1ccc(C2CCC(CN(C(=O)C3CCCCC3)c3cc(-c4cnn(C5CC5)c4)cc(C)n3)CC2)cc1C. The fraction of sp³-hybridized carbons (Fsp3) is 0.559. The number of rotatable bonds is 8. The van der Waals surface area contributed by atoms with Crippen LogP contribution >= 0.6 is 0 Å². The number of ether oxygens (including phenoxy) is 1. The highest BCUT2D eigenvalue weighted by molar-refractivity contribution is 5.94. The van der Waals surface area contributed by atoms with Gasteiger partial charge >= 0.3 is 0 Å². The van der Waals surface area contributed by atoms with Crippen molar-refractivity contribution < 1.29 is 9.53 Å². The number of carbonyl (C=O) groups is 1. The number of hydrogen-bond acceptors (Lipinski definition) is 4. The van der Waals surface area contributed by atoms with Gasteiger partial charge in [0.2, 0.25) is 5.91 Å². The Morgan fingerprint density at radius 2 is 1.73 bits per heavy atom. The molecule has 0 radical (unpaired) electrons. The molecule has 3 fully saturated rings. The van der Waals surface area contributed by atoms with Crippen molar-refractivity contribution in [3.8, 4) is 16.9 Å². The Bertz CT molecular complexity index is 1330. The summed E-state index contributed by atoms with van der Waals surface area (Å²) < 4.78 is 7.57. The van der Waals surface area contributed by atoms with Gasteiger partial charge in [-0.1, -0.05) is 31.4 Å². The molecule has 6 heteroatoms. The smallest absolute Gasteiger partial charge is 0.231 e. The Kier molecular flexibility index (Phi) is 7.95. The Labute approximate surface area is 239 Å². The molecular formula is C34H44N4O2. The number of aromatic nitrogens is 3. The quantitative estimate of drug-likeness (QED) is 0.293. The van der Waals surface area contributed by atoms with Crippen molar-refractivity contribution >= 4 is 11.7 Å². The van der Waals surface area contributed by atoms with Crippen LogP contribution in [0.5, 0.6) is 5.75 Å². The second kappa shape index (κ2) is 11.8. The van der Waals surface area contributed by atoms with E-state index >= 15 is 0 Å². The summed E-state index contributed by atoms with van der Waals surface area (Å²) in [7, 11) is 1.74. The van der Waals surface area contributed by atoms with E-state index < -0.39 is 0 Å². The summed E-state index contributed by atoms with van der Waals surface area (Å²) in [6.45, 7) is 4.94. The summed E-state index contributed by atoms with van der Waals surface area (Å²) in [6.07, 6.45) is 16.7. The average Bonchev–Trinajstić information content (AvgIpc) is 3.72. The summed E-state index contributed by atoms with van der Waals surface area (Å²) in [5.74, 6) is 3.25. The lowest BCUT2D eigenvalue weighted by Gasteiger charge is -2.35. The van der Waals surface area contributed by atoms with Crippen molar-refractivity contribution in [2.75, 3.05) is 18.6 Å². The zero-order chi connectivity index (χ0) is 27.6. The number of nitrogens with zero attached hydrogens (tertiary/aromatic N) is 4. The van der Waals surface area contributed by atoms with Crippen molar-refractivity contribution in [3.05, 3.63) is 59.5 Å². The molecule has 0 N–H and O–H groups in total. The zero-order valence-electron chi connectivity index (χ0n) is 24.4. The topological polar surface area (TPSA) is 60.2 Å². The number of aryl methyl sites for hydroxylation is 2. The minimum Gasteiger partial charge on any atom is -0.496 e. The van der Waals surface area contributed by atoms with E-state index in [9.17, 15) is 4.79 Å². The van der Waals surface area contributed by atoms with Crippen LogP contribution in [-0.4, -0.2) is 34.3 Å². The maximum atomic E-state index is 14.1. The summed E-state index contributed by atoms with van der Waals surface area (Å²) in [4.78, 5) is 21.1. The van der Waals surface area contributed by atoms with Gasteiger partial charge in [-0.25, -0.2) is 4.98 Å². The first kappa shape index (κ1) is 27.0. The number of methoxy groups -OCH3 is 1. The molecule has 0 aliphatic heterocycles. The van der Waals surface area contributed by atoms with Gasteiger partial charge in [0.25, 0.3) is 0 Å². The molecule has 0 unspecified atom stereocenters. The van der Waals surface area contributed by atoms with Crippen LogP contribution in [0.2, 0.25) is 0 Å². The molecule has 212 valence electrons. The van der Waals surface area contributed by atoms with E-state index in [0.717, 1.165) is 86.3 Å². The van der Waals surface area contributed by atoms with Crippen LogP contribution in [0.15, 0.2) is 42.7 Å². The second-order valence-electron chi connectivity index (χ2n) is 12.5. The van der Waals surface area contributed by atoms with E-state index in [0.29, 0.717) is 17.9 Å². The minimum absolute atomic E-state index is 0.121. The van der Waals surface area contributed by atoms with Crippen LogP contribution in [-0.2, 0) is 4.79 Å². The molecule has 3 aliphatic rings. The van der Waals surface area contributed by atoms with Crippen molar-refractivity contribution in [1.29, 1.82) is 0 Å². The van der Waals surface area contributed by atoms with Crippen molar-refractivity contribution in [1.82, 2.24) is 14.8 Å². The zero-order valence-corrected chi connectivity index (χ0v) is 24.4. The maximum absolute atomic E-state index is 14.1. The Morgan fingerprint density at radius 1 is 0.950 bits per heavy atom. The van der Waals surface area contributed by atoms with Crippen LogP contribution in [0.4, 0.5) is 5.82 Å². The van der Waals surface area contributed by atoms with Gasteiger partial charge in [0.1, 0.15) is 11.6 Å². The first-order valence-electron chi connectivity index (χ1n) is 15.5. The van der Waals surface area contributed by atoms with Gasteiger partial charge in [-0.2, -0.15) is 5.10 Å². The standard InChI is InChI=1S/C34H44N4O2/c1-23-17-28(13-16-32(23)40-3)26-11-9-25(10-12-26)21-37(34(39)27-7-5-4-6-8-27)33-19-29(18-24(2)36-33)30-20-35-38(22-30)31-14-15-31/h13,16-20,22,25-27,31H,4-12,14-15,21H2,1-3H3. The van der Waals surface area contributed by atoms with E-state index in [1.165, 1.54) is 30.4 Å². The lowest BCUT2D eigenvalue weighted by Crippen LogP contribution is -2.41. The van der Waals surface area contributed by atoms with Gasteiger partial charge in [0, 0.05) is 29.9 Å². The van der Waals surface area contributed by atoms with Crippen LogP contribution in [0.3, 0.4) is 0 Å². The number of anilines is 1. The van der Waals surface area contributed by atoms with Crippen LogP contribution in [0.25, 0.3) is 11.1 Å². The number of hydrogen-bond donors (Lipinski definition) is 0. The summed E-state index contributed by atoms with van der Waals surface area (Å²) in [5, 5.41) is 4.62. The van der Waals surface area contributed by atoms with Gasteiger partial charge in [-0.3, -0.25) is 14.4 Å². The molecule has 0 spiro atoms. The third-order valence-corrected chi connectivity index (χ3v) is 9.47. The molecule has 3 aromatic rings. The van der Waals surface area contributed by atoms with Crippen molar-refractivity contribution in [2.24, 2.45) is 11.8 Å². The molecule has 0 atom stereocenters. The molecule has 2 aromatic heterocycles. The third kappa shape index (κ3) is 5.96. The van der Waals surface area contributed by atoms with Gasteiger partial charge in [-0.15, -0.1) is 0 Å². The fourth-order valence-corrected chi connectivity index (χ4v) is 6.94. The van der Waals surface area contributed by atoms with Gasteiger partial charge in [-0.05, 0) is 112 Å². The highest BCUT2D eigenvalue weighted by atomic mass is 16.5. The first-order chi connectivity index (χ1) is 19.5. The van der Waals surface area contributed by atoms with Crippen molar-refractivity contribution in [2.45, 2.75) is 96.4 Å². The summed E-state index contributed by atoms with van der Waals surface area (Å²) >= 11 is 0. The molecule has 40 heavy (non-hydrogen) atoms. The van der Waals surface area contributed by atoms with E-state index in [1.54, 1.807) is 7.11 Å². The number of benzene rings is 1. The Balaban J connectivity index is 1.21. The van der Waals surface area contributed by atoms with Crippen LogP contribution < -0.4 is 9.64 Å². The van der Waals surface area contributed by atoms with Crippen LogP contribution in [0, 0.1) is 25.7 Å². The normalized spacial score (nSPS) is 21.8. The monoisotopic (exact) mass is 540 g/mol. The summed E-state index contributed by atoms with van der Waals surface area (Å²) in [5.41, 5.74) is 5.79. The molecular weight excluding hydrogens is 496 g/mol. The molecule has 3 saturated carbocycles. The molecule has 3 aliphatic carbocycles. The van der Waals surface area contributed by atoms with Gasteiger partial charge in [0.15, 0.2) is 0 Å². The first-order valence-corrected chi connectivity index (χ1v) is 15.5. The predicted octanol–water partition coefficient (Wildman–Crippen LogP) is 7.79. The molecule has 1 aromatic carbocycles. The molecule has 2 heterocycles. The number of pyridine rings is 1. The molecule has 6 rings (SSSR count). The second-order valence-corrected chi connectivity index (χ2v) is 12.5. The number of amides is 1. The average molecular weight is 541 g/mol. The van der Waals surface area contributed by atoms with Crippen LogP contribution in [0.1, 0.15) is 99.4 Å². The Hall–Kier alpha value is -3.15. The van der Waals surface area contributed by atoms with E-state index in [4.69, 9.17) is 9.72 Å².